The Morgan fingerprint density at radius 1 is 1.28 bits per heavy atom. The van der Waals surface area contributed by atoms with E-state index in [1.54, 1.807) is 19.0 Å². The predicted octanol–water partition coefficient (Wildman–Crippen LogP) is 4.14. The van der Waals surface area contributed by atoms with Crippen molar-refractivity contribution in [2.75, 3.05) is 38.7 Å². The minimum Gasteiger partial charge on any atom is -0.396 e. The van der Waals surface area contributed by atoms with Gasteiger partial charge in [-0.15, -0.1) is 0 Å². The first-order valence-electron chi connectivity index (χ1n) is 9.69. The van der Waals surface area contributed by atoms with Gasteiger partial charge >= 0.3 is 0 Å². The molecule has 1 saturated heterocycles. The standard InChI is InChI=1S/C19H30N2O2.C2H6/c1-5-15-8-10-21(11-9-15)18-7-6-16(14(2)13-22)12-17(18)19(23)20(3)4;1-2/h6-7,12,14-15,22H,5,8-11,13H2,1-4H3;1-2H3. The summed E-state index contributed by atoms with van der Waals surface area (Å²) < 4.78 is 0. The average Bonchev–Trinajstić information content (AvgIpc) is 2.67. The maximum atomic E-state index is 12.6. The van der Waals surface area contributed by atoms with Crippen LogP contribution in [0.3, 0.4) is 0 Å². The molecule has 2 rings (SSSR count). The van der Waals surface area contributed by atoms with Gasteiger partial charge in [0.25, 0.3) is 5.91 Å². The molecule has 0 spiro atoms. The summed E-state index contributed by atoms with van der Waals surface area (Å²) >= 11 is 0. The number of hydrogen-bond donors (Lipinski definition) is 1. The molecular weight excluding hydrogens is 312 g/mol. The molecule has 0 aliphatic carbocycles. The molecule has 25 heavy (non-hydrogen) atoms. The second-order valence-electron chi connectivity index (χ2n) is 6.90. The monoisotopic (exact) mass is 348 g/mol. The van der Waals surface area contributed by atoms with E-state index in [9.17, 15) is 9.90 Å². The third-order valence-electron chi connectivity index (χ3n) is 5.03. The van der Waals surface area contributed by atoms with E-state index in [2.05, 4.69) is 24.0 Å². The van der Waals surface area contributed by atoms with Crippen LogP contribution >= 0.6 is 0 Å². The Kier molecular flexibility index (Phi) is 8.98. The molecule has 1 aromatic rings. The van der Waals surface area contributed by atoms with Gasteiger partial charge in [0.1, 0.15) is 0 Å². The number of nitrogens with zero attached hydrogens (tertiary/aromatic N) is 2. The van der Waals surface area contributed by atoms with Crippen molar-refractivity contribution in [3.05, 3.63) is 29.3 Å². The molecule has 0 saturated carbocycles. The lowest BCUT2D eigenvalue weighted by Crippen LogP contribution is -2.35. The minimum atomic E-state index is 0.0320. The topological polar surface area (TPSA) is 43.8 Å². The maximum absolute atomic E-state index is 12.6. The zero-order valence-corrected chi connectivity index (χ0v) is 16.9. The number of aliphatic hydroxyl groups excluding tert-OH is 1. The van der Waals surface area contributed by atoms with Crippen LogP contribution < -0.4 is 4.90 Å². The first kappa shape index (κ1) is 21.5. The zero-order chi connectivity index (χ0) is 19.0. The molecule has 1 N–H and O–H groups in total. The van der Waals surface area contributed by atoms with Gasteiger partial charge in [-0.05, 0) is 36.5 Å². The highest BCUT2D eigenvalue weighted by Crippen LogP contribution is 2.30. The molecule has 1 aromatic carbocycles. The van der Waals surface area contributed by atoms with Gasteiger partial charge in [0.05, 0.1) is 5.56 Å². The Morgan fingerprint density at radius 2 is 1.88 bits per heavy atom. The predicted molar refractivity (Wildman–Crippen MR) is 107 cm³/mol. The average molecular weight is 349 g/mol. The number of benzene rings is 1. The van der Waals surface area contributed by atoms with Crippen LogP contribution in [0.1, 0.15) is 68.8 Å². The summed E-state index contributed by atoms with van der Waals surface area (Å²) in [6, 6.07) is 6.07. The molecule has 4 heteroatoms. The third kappa shape index (κ3) is 5.46. The van der Waals surface area contributed by atoms with E-state index in [-0.39, 0.29) is 18.4 Å². The van der Waals surface area contributed by atoms with Gasteiger partial charge in [0.15, 0.2) is 0 Å². The molecule has 1 aliphatic heterocycles. The highest BCUT2D eigenvalue weighted by atomic mass is 16.3. The summed E-state index contributed by atoms with van der Waals surface area (Å²) in [5, 5.41) is 9.40. The van der Waals surface area contributed by atoms with Crippen LogP contribution in [0.15, 0.2) is 18.2 Å². The lowest BCUT2D eigenvalue weighted by atomic mass is 9.92. The van der Waals surface area contributed by atoms with Crippen molar-refractivity contribution in [2.45, 2.75) is 52.9 Å². The Hall–Kier alpha value is -1.55. The number of piperidine rings is 1. The number of hydrogen-bond acceptors (Lipinski definition) is 3. The smallest absolute Gasteiger partial charge is 0.255 e. The highest BCUT2D eigenvalue weighted by Gasteiger charge is 2.23. The summed E-state index contributed by atoms with van der Waals surface area (Å²) in [5.41, 5.74) is 2.81. The van der Waals surface area contributed by atoms with Gasteiger partial charge in [-0.3, -0.25) is 4.79 Å². The van der Waals surface area contributed by atoms with Crippen LogP contribution in [-0.2, 0) is 0 Å². The summed E-state index contributed by atoms with van der Waals surface area (Å²) in [6.45, 7) is 10.4. The first-order chi connectivity index (χ1) is 12.0. The summed E-state index contributed by atoms with van der Waals surface area (Å²) in [7, 11) is 3.58. The van der Waals surface area contributed by atoms with Crippen molar-refractivity contribution < 1.29 is 9.90 Å². The van der Waals surface area contributed by atoms with Crippen molar-refractivity contribution >= 4 is 11.6 Å². The number of anilines is 1. The van der Waals surface area contributed by atoms with Crippen LogP contribution in [0.4, 0.5) is 5.69 Å². The molecule has 1 unspecified atom stereocenters. The van der Waals surface area contributed by atoms with Crippen LogP contribution in [0, 0.1) is 5.92 Å². The van der Waals surface area contributed by atoms with Crippen molar-refractivity contribution in [1.29, 1.82) is 0 Å². The summed E-state index contributed by atoms with van der Waals surface area (Å²) in [4.78, 5) is 16.6. The maximum Gasteiger partial charge on any atom is 0.255 e. The summed E-state index contributed by atoms with van der Waals surface area (Å²) in [5.74, 6) is 0.890. The fourth-order valence-corrected chi connectivity index (χ4v) is 3.24. The van der Waals surface area contributed by atoms with Gasteiger partial charge in [0.2, 0.25) is 0 Å². The lowest BCUT2D eigenvalue weighted by Gasteiger charge is -2.34. The van der Waals surface area contributed by atoms with Crippen molar-refractivity contribution in [3.63, 3.8) is 0 Å². The van der Waals surface area contributed by atoms with E-state index in [0.717, 1.165) is 35.8 Å². The number of aliphatic hydroxyl groups is 1. The first-order valence-corrected chi connectivity index (χ1v) is 9.69. The molecular formula is C21H36N2O2. The molecule has 1 atom stereocenters. The van der Waals surface area contributed by atoms with Gasteiger partial charge in [-0.2, -0.15) is 0 Å². The van der Waals surface area contributed by atoms with E-state index in [4.69, 9.17) is 0 Å². The van der Waals surface area contributed by atoms with E-state index in [1.165, 1.54) is 19.3 Å². The van der Waals surface area contributed by atoms with Crippen LogP contribution in [0.2, 0.25) is 0 Å². The molecule has 0 aromatic heterocycles. The molecule has 142 valence electrons. The largest absolute Gasteiger partial charge is 0.396 e. The molecule has 1 heterocycles. The third-order valence-corrected chi connectivity index (χ3v) is 5.03. The second kappa shape index (κ2) is 10.4. The molecule has 4 nitrogen and oxygen atoms in total. The molecule has 1 aliphatic rings. The second-order valence-corrected chi connectivity index (χ2v) is 6.90. The van der Waals surface area contributed by atoms with Crippen LogP contribution in [0.5, 0.6) is 0 Å². The van der Waals surface area contributed by atoms with E-state index < -0.39 is 0 Å². The van der Waals surface area contributed by atoms with E-state index >= 15 is 0 Å². The number of amides is 1. The van der Waals surface area contributed by atoms with E-state index in [1.807, 2.05) is 26.8 Å². The van der Waals surface area contributed by atoms with Crippen molar-refractivity contribution in [1.82, 2.24) is 4.90 Å². The Balaban J connectivity index is 0.00000151. The molecule has 1 fully saturated rings. The highest BCUT2D eigenvalue weighted by molar-refractivity contribution is 5.99. The van der Waals surface area contributed by atoms with Crippen LogP contribution in [-0.4, -0.2) is 49.7 Å². The molecule has 1 amide bonds. The van der Waals surface area contributed by atoms with Gasteiger partial charge in [-0.1, -0.05) is 40.2 Å². The lowest BCUT2D eigenvalue weighted by molar-refractivity contribution is 0.0828. The SMILES string of the molecule is CC.CCC1CCN(c2ccc(C(C)CO)cc2C(=O)N(C)C)CC1. The van der Waals surface area contributed by atoms with Crippen LogP contribution in [0.25, 0.3) is 0 Å². The molecule has 0 radical (unpaired) electrons. The number of carbonyl (C=O) groups is 1. The van der Waals surface area contributed by atoms with E-state index in [0.29, 0.717) is 0 Å². The Morgan fingerprint density at radius 3 is 2.36 bits per heavy atom. The minimum absolute atomic E-state index is 0.0320. The van der Waals surface area contributed by atoms with Crippen molar-refractivity contribution in [2.24, 2.45) is 5.92 Å². The number of carbonyl (C=O) groups excluding carboxylic acids is 1. The fourth-order valence-electron chi connectivity index (χ4n) is 3.24. The van der Waals surface area contributed by atoms with Gasteiger partial charge in [0, 0.05) is 45.4 Å². The Bertz CT molecular complexity index is 535. The fraction of sp³-hybridized carbons (Fsp3) is 0.667. The zero-order valence-electron chi connectivity index (χ0n) is 16.9. The normalized spacial score (nSPS) is 16.0. The Labute approximate surface area is 153 Å². The quantitative estimate of drug-likeness (QED) is 0.870. The van der Waals surface area contributed by atoms with Gasteiger partial charge < -0.3 is 14.9 Å². The summed E-state index contributed by atoms with van der Waals surface area (Å²) in [6.07, 6.45) is 3.63. The van der Waals surface area contributed by atoms with Crippen molar-refractivity contribution in [3.8, 4) is 0 Å². The molecule has 0 bridgehead atoms. The number of rotatable bonds is 5. The van der Waals surface area contributed by atoms with Gasteiger partial charge in [-0.25, -0.2) is 0 Å².